The molecule has 0 aliphatic carbocycles. The number of fused-ring (bicyclic) bond motifs is 1. The fourth-order valence-electron chi connectivity index (χ4n) is 1.56. The van der Waals surface area contributed by atoms with Gasteiger partial charge in [-0.1, -0.05) is 12.7 Å². The van der Waals surface area contributed by atoms with Gasteiger partial charge in [0, 0.05) is 17.5 Å². The average Bonchev–Trinajstić information content (AvgIpc) is 2.34. The van der Waals surface area contributed by atoms with Crippen LogP contribution in [0.1, 0.15) is 10.4 Å². The quantitative estimate of drug-likeness (QED) is 0.660. The lowest BCUT2D eigenvalue weighted by molar-refractivity contribution is 0.0698. The molecule has 0 bridgehead atoms. The smallest absolute Gasteiger partial charge is 0.337 e. The first-order valence-corrected chi connectivity index (χ1v) is 5.16. The van der Waals surface area contributed by atoms with E-state index >= 15 is 0 Å². The minimum atomic E-state index is -1.17. The number of hydrogen-bond donors (Lipinski definition) is 1. The van der Waals surface area contributed by atoms with Gasteiger partial charge in [-0.2, -0.15) is 0 Å². The van der Waals surface area contributed by atoms with Crippen LogP contribution < -0.4 is 10.4 Å². The van der Waals surface area contributed by atoms with Crippen LogP contribution in [0, 0.1) is 0 Å². The van der Waals surface area contributed by atoms with Gasteiger partial charge >= 0.3 is 11.6 Å². The second-order valence-corrected chi connectivity index (χ2v) is 3.54. The first-order valence-electron chi connectivity index (χ1n) is 5.16. The zero-order chi connectivity index (χ0) is 13.1. The van der Waals surface area contributed by atoms with Crippen molar-refractivity contribution in [2.45, 2.75) is 0 Å². The van der Waals surface area contributed by atoms with E-state index in [1.54, 1.807) is 18.2 Å². The van der Waals surface area contributed by atoms with E-state index in [4.69, 9.17) is 14.3 Å². The zero-order valence-electron chi connectivity index (χ0n) is 9.38. The van der Waals surface area contributed by atoms with E-state index in [0.717, 1.165) is 6.07 Å². The molecule has 0 radical (unpaired) electrons. The molecule has 1 heterocycles. The van der Waals surface area contributed by atoms with Gasteiger partial charge in [0.25, 0.3) is 0 Å². The summed E-state index contributed by atoms with van der Waals surface area (Å²) >= 11 is 0. The Bertz CT molecular complexity index is 669. The molecule has 2 rings (SSSR count). The van der Waals surface area contributed by atoms with Crippen LogP contribution in [0.4, 0.5) is 0 Å². The standard InChI is InChI=1S/C13H10O5/c1-2-5-17-8-3-4-9-10(13(15)16)7-12(14)18-11(9)6-8/h2-4,6-7H,1,5H2,(H,15,16). The highest BCUT2D eigenvalue weighted by Gasteiger charge is 2.12. The van der Waals surface area contributed by atoms with Crippen LogP contribution in [0.25, 0.3) is 11.0 Å². The minimum Gasteiger partial charge on any atom is -0.489 e. The summed E-state index contributed by atoms with van der Waals surface area (Å²) in [4.78, 5) is 22.2. The van der Waals surface area contributed by atoms with Crippen LogP contribution in [-0.2, 0) is 0 Å². The monoisotopic (exact) mass is 246 g/mol. The molecule has 0 amide bonds. The molecule has 0 unspecified atom stereocenters. The summed E-state index contributed by atoms with van der Waals surface area (Å²) in [5, 5.41) is 9.35. The Kier molecular flexibility index (Phi) is 3.14. The second kappa shape index (κ2) is 4.75. The van der Waals surface area contributed by atoms with E-state index in [2.05, 4.69) is 6.58 Å². The summed E-state index contributed by atoms with van der Waals surface area (Å²) in [5.74, 6) is -0.694. The first-order chi connectivity index (χ1) is 8.61. The van der Waals surface area contributed by atoms with Crippen LogP contribution in [0.5, 0.6) is 5.75 Å². The van der Waals surface area contributed by atoms with Crippen LogP contribution in [0.2, 0.25) is 0 Å². The van der Waals surface area contributed by atoms with E-state index in [1.807, 2.05) is 0 Å². The summed E-state index contributed by atoms with van der Waals surface area (Å²) in [7, 11) is 0. The highest BCUT2D eigenvalue weighted by Crippen LogP contribution is 2.22. The van der Waals surface area contributed by atoms with E-state index < -0.39 is 11.6 Å². The fraction of sp³-hybridized carbons (Fsp3) is 0.0769. The van der Waals surface area contributed by atoms with Crippen molar-refractivity contribution in [2.75, 3.05) is 6.61 Å². The molecule has 0 fully saturated rings. The van der Waals surface area contributed by atoms with Crippen molar-refractivity contribution in [1.82, 2.24) is 0 Å². The molecule has 5 nitrogen and oxygen atoms in total. The Hall–Kier alpha value is -2.56. The van der Waals surface area contributed by atoms with Crippen molar-refractivity contribution in [3.05, 3.63) is 52.9 Å². The molecule has 0 saturated heterocycles. The summed E-state index contributed by atoms with van der Waals surface area (Å²) in [6.07, 6.45) is 1.58. The number of carboxylic acids is 1. The molecular weight excluding hydrogens is 236 g/mol. The molecule has 0 spiro atoms. The number of aromatic carboxylic acids is 1. The van der Waals surface area contributed by atoms with Crippen molar-refractivity contribution in [3.8, 4) is 5.75 Å². The van der Waals surface area contributed by atoms with Gasteiger partial charge in [-0.3, -0.25) is 0 Å². The van der Waals surface area contributed by atoms with Crippen LogP contribution >= 0.6 is 0 Å². The first kappa shape index (κ1) is 11.9. The van der Waals surface area contributed by atoms with Crippen molar-refractivity contribution in [3.63, 3.8) is 0 Å². The number of hydrogen-bond acceptors (Lipinski definition) is 4. The highest BCUT2D eigenvalue weighted by atomic mass is 16.5. The minimum absolute atomic E-state index is 0.0866. The number of benzene rings is 1. The maximum absolute atomic E-state index is 11.2. The maximum atomic E-state index is 11.2. The molecule has 1 aromatic heterocycles. The largest absolute Gasteiger partial charge is 0.489 e. The fourth-order valence-corrected chi connectivity index (χ4v) is 1.56. The lowest BCUT2D eigenvalue weighted by atomic mass is 10.1. The van der Waals surface area contributed by atoms with Crippen molar-refractivity contribution < 1.29 is 19.1 Å². The van der Waals surface area contributed by atoms with Crippen LogP contribution in [-0.4, -0.2) is 17.7 Å². The summed E-state index contributed by atoms with van der Waals surface area (Å²) in [6, 6.07) is 5.58. The molecule has 2 aromatic rings. The van der Waals surface area contributed by atoms with Gasteiger partial charge in [-0.05, 0) is 12.1 Å². The van der Waals surface area contributed by atoms with Gasteiger partial charge in [0.15, 0.2) is 0 Å². The molecular formula is C13H10O5. The average molecular weight is 246 g/mol. The molecule has 92 valence electrons. The van der Waals surface area contributed by atoms with Crippen LogP contribution in [0.3, 0.4) is 0 Å². The highest BCUT2D eigenvalue weighted by molar-refractivity contribution is 6.01. The molecule has 0 aliphatic heterocycles. The Balaban J connectivity index is 2.60. The van der Waals surface area contributed by atoms with Crippen molar-refractivity contribution >= 4 is 16.9 Å². The van der Waals surface area contributed by atoms with Crippen molar-refractivity contribution in [1.29, 1.82) is 0 Å². The third-order valence-corrected chi connectivity index (χ3v) is 2.31. The van der Waals surface area contributed by atoms with E-state index in [9.17, 15) is 9.59 Å². The van der Waals surface area contributed by atoms with E-state index in [-0.39, 0.29) is 11.1 Å². The van der Waals surface area contributed by atoms with E-state index in [0.29, 0.717) is 17.7 Å². The van der Waals surface area contributed by atoms with Gasteiger partial charge in [0.1, 0.15) is 17.9 Å². The Morgan fingerprint density at radius 3 is 2.89 bits per heavy atom. The maximum Gasteiger partial charge on any atom is 0.337 e. The number of carboxylic acid groups (broad SMARTS) is 1. The molecule has 0 saturated carbocycles. The molecule has 5 heteroatoms. The molecule has 18 heavy (non-hydrogen) atoms. The third kappa shape index (κ3) is 2.24. The van der Waals surface area contributed by atoms with Gasteiger partial charge < -0.3 is 14.3 Å². The lowest BCUT2D eigenvalue weighted by Crippen LogP contribution is -2.06. The lowest BCUT2D eigenvalue weighted by Gasteiger charge is -2.05. The Morgan fingerprint density at radius 2 is 2.22 bits per heavy atom. The molecule has 0 atom stereocenters. The van der Waals surface area contributed by atoms with Crippen LogP contribution in [0.15, 0.2) is 46.1 Å². The van der Waals surface area contributed by atoms with Crippen molar-refractivity contribution in [2.24, 2.45) is 0 Å². The summed E-state index contributed by atoms with van der Waals surface area (Å²) < 4.78 is 10.2. The Labute approximate surface area is 102 Å². The molecule has 0 aliphatic rings. The zero-order valence-corrected chi connectivity index (χ0v) is 9.38. The Morgan fingerprint density at radius 1 is 1.44 bits per heavy atom. The molecule has 1 N–H and O–H groups in total. The number of ether oxygens (including phenoxy) is 1. The van der Waals surface area contributed by atoms with Gasteiger partial charge in [0.05, 0.1) is 5.56 Å². The topological polar surface area (TPSA) is 76.7 Å². The van der Waals surface area contributed by atoms with Gasteiger partial charge in [0.2, 0.25) is 0 Å². The van der Waals surface area contributed by atoms with E-state index in [1.165, 1.54) is 6.07 Å². The normalized spacial score (nSPS) is 10.2. The molecule has 1 aromatic carbocycles. The predicted molar refractivity (Wildman–Crippen MR) is 65.1 cm³/mol. The number of carbonyl (C=O) groups is 1. The predicted octanol–water partition coefficient (Wildman–Crippen LogP) is 2.06. The number of rotatable bonds is 4. The summed E-state index contributed by atoms with van der Waals surface area (Å²) in [5.41, 5.74) is -0.612. The SMILES string of the molecule is C=CCOc1ccc2c(C(=O)O)cc(=O)oc2c1. The summed E-state index contributed by atoms with van der Waals surface area (Å²) in [6.45, 7) is 3.83. The van der Waals surface area contributed by atoms with Gasteiger partial charge in [-0.15, -0.1) is 0 Å². The second-order valence-electron chi connectivity index (χ2n) is 3.54. The third-order valence-electron chi connectivity index (χ3n) is 2.31. The van der Waals surface area contributed by atoms with Gasteiger partial charge in [-0.25, -0.2) is 9.59 Å².